The van der Waals surface area contributed by atoms with Crippen LogP contribution in [-0.2, 0) is 11.2 Å². The van der Waals surface area contributed by atoms with E-state index < -0.39 is 0 Å². The van der Waals surface area contributed by atoms with Crippen LogP contribution >= 0.6 is 0 Å². The van der Waals surface area contributed by atoms with Gasteiger partial charge in [-0.15, -0.1) is 0 Å². The average Bonchev–Trinajstić information content (AvgIpc) is 2.97. The zero-order valence-corrected chi connectivity index (χ0v) is 13.7. The number of pyridine rings is 1. The van der Waals surface area contributed by atoms with Crippen LogP contribution in [0.3, 0.4) is 0 Å². The molecule has 122 valence electrons. The van der Waals surface area contributed by atoms with Crippen molar-refractivity contribution in [3.63, 3.8) is 0 Å². The van der Waals surface area contributed by atoms with E-state index in [0.29, 0.717) is 17.3 Å². The molecule has 1 N–H and O–H groups in total. The standard InChI is InChI=1S/C19H19N3O2/c1-13(16-9-6-10-20-12-16)21-18(23)11-17-14(2)24-19(22-17)15-7-4-3-5-8-15/h3-10,12-13H,11H2,1-2H3,(H,21,23)/t13-/m1/s1. The molecule has 2 heterocycles. The van der Waals surface area contributed by atoms with Crippen molar-refractivity contribution in [1.29, 1.82) is 0 Å². The smallest absolute Gasteiger partial charge is 0.226 e. The molecule has 5 heteroatoms. The van der Waals surface area contributed by atoms with Crippen molar-refractivity contribution in [1.82, 2.24) is 15.3 Å². The fourth-order valence-electron chi connectivity index (χ4n) is 2.46. The number of carbonyl (C=O) groups excluding carboxylic acids is 1. The average molecular weight is 321 g/mol. The minimum absolute atomic E-state index is 0.0950. The fraction of sp³-hybridized carbons (Fsp3) is 0.211. The molecule has 5 nitrogen and oxygen atoms in total. The normalized spacial score (nSPS) is 11.9. The molecule has 0 unspecified atom stereocenters. The van der Waals surface area contributed by atoms with Crippen LogP contribution in [0.15, 0.2) is 59.3 Å². The summed E-state index contributed by atoms with van der Waals surface area (Å²) in [5.41, 5.74) is 2.52. The predicted molar refractivity (Wildman–Crippen MR) is 91.2 cm³/mol. The zero-order valence-electron chi connectivity index (χ0n) is 13.7. The lowest BCUT2D eigenvalue weighted by Crippen LogP contribution is -2.28. The van der Waals surface area contributed by atoms with Crippen molar-refractivity contribution in [2.45, 2.75) is 26.3 Å². The maximum absolute atomic E-state index is 12.3. The van der Waals surface area contributed by atoms with Crippen LogP contribution in [0.25, 0.3) is 11.5 Å². The van der Waals surface area contributed by atoms with Crippen molar-refractivity contribution < 1.29 is 9.21 Å². The van der Waals surface area contributed by atoms with Gasteiger partial charge in [-0.1, -0.05) is 24.3 Å². The molecule has 0 fully saturated rings. The number of aromatic nitrogens is 2. The Balaban J connectivity index is 1.68. The highest BCUT2D eigenvalue weighted by Crippen LogP contribution is 2.21. The van der Waals surface area contributed by atoms with Gasteiger partial charge < -0.3 is 9.73 Å². The van der Waals surface area contributed by atoms with Gasteiger partial charge in [-0.3, -0.25) is 9.78 Å². The Morgan fingerprint density at radius 3 is 2.71 bits per heavy atom. The molecule has 0 aliphatic carbocycles. The lowest BCUT2D eigenvalue weighted by Gasteiger charge is -2.13. The second-order valence-corrected chi connectivity index (χ2v) is 5.64. The van der Waals surface area contributed by atoms with Crippen molar-refractivity contribution in [3.8, 4) is 11.5 Å². The van der Waals surface area contributed by atoms with Gasteiger partial charge in [0.1, 0.15) is 5.76 Å². The molecule has 0 bridgehead atoms. The van der Waals surface area contributed by atoms with Crippen LogP contribution in [-0.4, -0.2) is 15.9 Å². The lowest BCUT2D eigenvalue weighted by atomic mass is 10.1. The summed E-state index contributed by atoms with van der Waals surface area (Å²) in [7, 11) is 0. The molecular formula is C19H19N3O2. The summed E-state index contributed by atoms with van der Waals surface area (Å²) < 4.78 is 5.69. The van der Waals surface area contributed by atoms with Gasteiger partial charge in [0.25, 0.3) is 0 Å². The van der Waals surface area contributed by atoms with E-state index in [1.54, 1.807) is 12.4 Å². The zero-order chi connectivity index (χ0) is 16.9. The third-order valence-electron chi connectivity index (χ3n) is 3.80. The predicted octanol–water partition coefficient (Wildman–Crippen LogP) is 3.46. The highest BCUT2D eigenvalue weighted by Gasteiger charge is 2.16. The Kier molecular flexibility index (Phi) is 4.70. The molecule has 0 radical (unpaired) electrons. The molecule has 3 aromatic rings. The number of carbonyl (C=O) groups is 1. The van der Waals surface area contributed by atoms with E-state index in [-0.39, 0.29) is 18.4 Å². The minimum Gasteiger partial charge on any atom is -0.441 e. The van der Waals surface area contributed by atoms with Crippen molar-refractivity contribution in [2.75, 3.05) is 0 Å². The number of amides is 1. The monoisotopic (exact) mass is 321 g/mol. The Labute approximate surface area is 140 Å². The first kappa shape index (κ1) is 15.9. The number of aryl methyl sites for hydroxylation is 1. The first-order valence-electron chi connectivity index (χ1n) is 7.84. The molecule has 0 saturated heterocycles. The van der Waals surface area contributed by atoms with Gasteiger partial charge in [-0.25, -0.2) is 4.98 Å². The number of nitrogens with one attached hydrogen (secondary N) is 1. The number of oxazole rings is 1. The summed E-state index contributed by atoms with van der Waals surface area (Å²) in [4.78, 5) is 20.8. The summed E-state index contributed by atoms with van der Waals surface area (Å²) in [6.07, 6.45) is 3.65. The Bertz CT molecular complexity index is 813. The van der Waals surface area contributed by atoms with E-state index in [0.717, 1.165) is 11.1 Å². The van der Waals surface area contributed by atoms with E-state index in [9.17, 15) is 4.79 Å². The number of hydrogen-bond donors (Lipinski definition) is 1. The Morgan fingerprint density at radius 1 is 1.21 bits per heavy atom. The first-order chi connectivity index (χ1) is 11.6. The largest absolute Gasteiger partial charge is 0.441 e. The van der Waals surface area contributed by atoms with Gasteiger partial charge >= 0.3 is 0 Å². The number of nitrogens with zero attached hydrogens (tertiary/aromatic N) is 2. The van der Waals surface area contributed by atoms with Gasteiger partial charge in [-0.05, 0) is 37.6 Å². The van der Waals surface area contributed by atoms with Gasteiger partial charge in [0.2, 0.25) is 11.8 Å². The highest BCUT2D eigenvalue weighted by molar-refractivity contribution is 5.79. The van der Waals surface area contributed by atoms with Crippen molar-refractivity contribution in [2.24, 2.45) is 0 Å². The third kappa shape index (κ3) is 3.68. The summed E-state index contributed by atoms with van der Waals surface area (Å²) >= 11 is 0. The van der Waals surface area contributed by atoms with Crippen molar-refractivity contribution in [3.05, 3.63) is 71.9 Å². The van der Waals surface area contributed by atoms with E-state index in [2.05, 4.69) is 15.3 Å². The molecule has 1 atom stereocenters. The number of hydrogen-bond acceptors (Lipinski definition) is 4. The molecule has 24 heavy (non-hydrogen) atoms. The van der Waals surface area contributed by atoms with Gasteiger partial charge in [0.05, 0.1) is 18.2 Å². The molecule has 2 aromatic heterocycles. The second-order valence-electron chi connectivity index (χ2n) is 5.64. The van der Waals surface area contributed by atoms with E-state index in [1.807, 2.05) is 56.3 Å². The van der Waals surface area contributed by atoms with E-state index in [4.69, 9.17) is 4.42 Å². The molecule has 0 saturated carbocycles. The molecule has 0 aliphatic rings. The fourth-order valence-corrected chi connectivity index (χ4v) is 2.46. The number of rotatable bonds is 5. The molecular weight excluding hydrogens is 302 g/mol. The SMILES string of the molecule is Cc1oc(-c2ccccc2)nc1CC(=O)N[C@H](C)c1cccnc1. The Hall–Kier alpha value is -2.95. The molecule has 1 aromatic carbocycles. The van der Waals surface area contributed by atoms with Gasteiger partial charge in [-0.2, -0.15) is 0 Å². The number of benzene rings is 1. The van der Waals surface area contributed by atoms with Crippen LogP contribution in [0.4, 0.5) is 0 Å². The first-order valence-corrected chi connectivity index (χ1v) is 7.84. The molecule has 0 aliphatic heterocycles. The minimum atomic E-state index is -0.105. The van der Waals surface area contributed by atoms with Crippen LogP contribution < -0.4 is 5.32 Å². The summed E-state index contributed by atoms with van der Waals surface area (Å²) in [5.74, 6) is 1.11. The van der Waals surface area contributed by atoms with Crippen LogP contribution in [0.5, 0.6) is 0 Å². The summed E-state index contributed by atoms with van der Waals surface area (Å²) in [6, 6.07) is 13.3. The van der Waals surface area contributed by atoms with E-state index >= 15 is 0 Å². The van der Waals surface area contributed by atoms with Gasteiger partial charge in [0, 0.05) is 18.0 Å². The Morgan fingerprint density at radius 2 is 2.00 bits per heavy atom. The quantitative estimate of drug-likeness (QED) is 0.781. The second kappa shape index (κ2) is 7.08. The topological polar surface area (TPSA) is 68.0 Å². The summed E-state index contributed by atoms with van der Waals surface area (Å²) in [6.45, 7) is 3.76. The van der Waals surface area contributed by atoms with Crippen molar-refractivity contribution >= 4 is 5.91 Å². The highest BCUT2D eigenvalue weighted by atomic mass is 16.4. The van der Waals surface area contributed by atoms with Gasteiger partial charge in [0.15, 0.2) is 0 Å². The van der Waals surface area contributed by atoms with Crippen LogP contribution in [0, 0.1) is 6.92 Å². The molecule has 1 amide bonds. The molecule has 0 spiro atoms. The maximum Gasteiger partial charge on any atom is 0.226 e. The lowest BCUT2D eigenvalue weighted by molar-refractivity contribution is -0.121. The summed E-state index contributed by atoms with van der Waals surface area (Å²) in [5, 5.41) is 2.96. The van der Waals surface area contributed by atoms with Crippen LogP contribution in [0.2, 0.25) is 0 Å². The third-order valence-corrected chi connectivity index (χ3v) is 3.80. The van der Waals surface area contributed by atoms with Crippen LogP contribution in [0.1, 0.15) is 30.0 Å². The maximum atomic E-state index is 12.3. The molecule has 3 rings (SSSR count). The van der Waals surface area contributed by atoms with E-state index in [1.165, 1.54) is 0 Å².